The van der Waals surface area contributed by atoms with E-state index < -0.39 is 11.7 Å². The van der Waals surface area contributed by atoms with Gasteiger partial charge >= 0.3 is 6.18 Å². The first-order valence-electron chi connectivity index (χ1n) is 7.43. The van der Waals surface area contributed by atoms with Gasteiger partial charge in [0.15, 0.2) is 0 Å². The van der Waals surface area contributed by atoms with Crippen molar-refractivity contribution in [3.05, 3.63) is 53.9 Å². The summed E-state index contributed by atoms with van der Waals surface area (Å²) in [5.41, 5.74) is 0.287. The first-order valence-corrected chi connectivity index (χ1v) is 7.43. The molecule has 0 atom stereocenters. The van der Waals surface area contributed by atoms with E-state index >= 15 is 0 Å². The van der Waals surface area contributed by atoms with Crippen LogP contribution in [0.15, 0.2) is 42.7 Å². The highest BCUT2D eigenvalue weighted by atomic mass is 19.4. The van der Waals surface area contributed by atoms with Crippen molar-refractivity contribution in [3.63, 3.8) is 0 Å². The third-order valence-corrected chi connectivity index (χ3v) is 3.89. The van der Waals surface area contributed by atoms with Crippen LogP contribution in [0.1, 0.15) is 11.1 Å². The Morgan fingerprint density at radius 1 is 0.913 bits per heavy atom. The van der Waals surface area contributed by atoms with Gasteiger partial charge in [-0.3, -0.25) is 4.90 Å². The van der Waals surface area contributed by atoms with E-state index in [9.17, 15) is 13.2 Å². The quantitative estimate of drug-likeness (QED) is 0.870. The third kappa shape index (κ3) is 3.98. The minimum absolute atomic E-state index is 0.604. The lowest BCUT2D eigenvalue weighted by Gasteiger charge is -2.34. The molecule has 0 aliphatic carbocycles. The predicted molar refractivity (Wildman–Crippen MR) is 81.0 cm³/mol. The molecular weight excluding hydrogens is 305 g/mol. The number of hydrogen-bond donors (Lipinski definition) is 0. The van der Waals surface area contributed by atoms with E-state index in [1.807, 2.05) is 0 Å². The van der Waals surface area contributed by atoms with E-state index in [1.165, 1.54) is 0 Å². The topological polar surface area (TPSA) is 32.3 Å². The second-order valence-electron chi connectivity index (χ2n) is 5.51. The molecule has 3 rings (SSSR count). The maximum atomic E-state index is 12.6. The first-order chi connectivity index (χ1) is 11.0. The summed E-state index contributed by atoms with van der Waals surface area (Å²) in [6.45, 7) is 3.94. The summed E-state index contributed by atoms with van der Waals surface area (Å²) >= 11 is 0. The van der Waals surface area contributed by atoms with Crippen LogP contribution >= 0.6 is 0 Å². The van der Waals surface area contributed by atoms with Gasteiger partial charge in [-0.15, -0.1) is 0 Å². The predicted octanol–water partition coefficient (Wildman–Crippen LogP) is 2.82. The fourth-order valence-corrected chi connectivity index (χ4v) is 2.62. The molecule has 4 nitrogen and oxygen atoms in total. The zero-order valence-corrected chi connectivity index (χ0v) is 12.5. The summed E-state index contributed by atoms with van der Waals surface area (Å²) in [5, 5.41) is 0. The molecule has 23 heavy (non-hydrogen) atoms. The van der Waals surface area contributed by atoms with Crippen molar-refractivity contribution in [2.75, 3.05) is 31.1 Å². The van der Waals surface area contributed by atoms with E-state index in [2.05, 4.69) is 19.8 Å². The van der Waals surface area contributed by atoms with Crippen molar-refractivity contribution in [3.8, 4) is 0 Å². The fourth-order valence-electron chi connectivity index (χ4n) is 2.62. The lowest BCUT2D eigenvalue weighted by atomic mass is 10.1. The number of aromatic nitrogens is 2. The van der Waals surface area contributed by atoms with Gasteiger partial charge in [0, 0.05) is 45.1 Å². The van der Waals surface area contributed by atoms with Crippen LogP contribution in [0.3, 0.4) is 0 Å². The Morgan fingerprint density at radius 2 is 1.52 bits per heavy atom. The standard InChI is InChI=1S/C16H17F3N4/c17-16(18,19)14-4-2-13(3-5-14)12-22-8-10-23(11-9-22)15-20-6-1-7-21-15/h1-7H,8-12H2. The fraction of sp³-hybridized carbons (Fsp3) is 0.375. The summed E-state index contributed by atoms with van der Waals surface area (Å²) < 4.78 is 37.7. The average Bonchev–Trinajstić information content (AvgIpc) is 2.56. The Hall–Kier alpha value is -2.15. The Bertz CT molecular complexity index is 620. The molecule has 1 aromatic heterocycles. The average molecular weight is 322 g/mol. The molecular formula is C16H17F3N4. The molecule has 1 aromatic carbocycles. The number of benzene rings is 1. The van der Waals surface area contributed by atoms with Crippen LogP contribution in [-0.2, 0) is 12.7 Å². The second kappa shape index (κ2) is 6.54. The van der Waals surface area contributed by atoms with Gasteiger partial charge < -0.3 is 4.90 Å². The summed E-state index contributed by atoms with van der Waals surface area (Å²) in [4.78, 5) is 12.8. The van der Waals surface area contributed by atoms with Gasteiger partial charge in [0.2, 0.25) is 5.95 Å². The number of rotatable bonds is 3. The van der Waals surface area contributed by atoms with Gasteiger partial charge in [0.1, 0.15) is 0 Å². The van der Waals surface area contributed by atoms with Crippen molar-refractivity contribution in [2.45, 2.75) is 12.7 Å². The minimum Gasteiger partial charge on any atom is -0.338 e. The summed E-state index contributed by atoms with van der Waals surface area (Å²) in [6.07, 6.45) is -0.840. The molecule has 0 radical (unpaired) electrons. The number of nitrogens with zero attached hydrogens (tertiary/aromatic N) is 4. The molecule has 0 spiro atoms. The lowest BCUT2D eigenvalue weighted by Crippen LogP contribution is -2.46. The molecule has 7 heteroatoms. The van der Waals surface area contributed by atoms with Crippen molar-refractivity contribution in [1.29, 1.82) is 0 Å². The number of alkyl halides is 3. The van der Waals surface area contributed by atoms with Gasteiger partial charge in [-0.25, -0.2) is 9.97 Å². The van der Waals surface area contributed by atoms with Crippen molar-refractivity contribution >= 4 is 5.95 Å². The monoisotopic (exact) mass is 322 g/mol. The van der Waals surface area contributed by atoms with Gasteiger partial charge in [-0.05, 0) is 23.8 Å². The van der Waals surface area contributed by atoms with E-state index in [-0.39, 0.29) is 0 Å². The molecule has 1 aliphatic rings. The molecule has 1 aliphatic heterocycles. The Labute approximate surface area is 132 Å². The van der Waals surface area contributed by atoms with Crippen molar-refractivity contribution in [1.82, 2.24) is 14.9 Å². The van der Waals surface area contributed by atoms with Gasteiger partial charge in [0.05, 0.1) is 5.56 Å². The molecule has 0 unspecified atom stereocenters. The lowest BCUT2D eigenvalue weighted by molar-refractivity contribution is -0.137. The molecule has 0 N–H and O–H groups in total. The van der Waals surface area contributed by atoms with E-state index in [4.69, 9.17) is 0 Å². The summed E-state index contributed by atoms with van der Waals surface area (Å²) in [6, 6.07) is 7.17. The Balaban J connectivity index is 1.55. The molecule has 1 saturated heterocycles. The molecule has 1 fully saturated rings. The van der Waals surface area contributed by atoms with Crippen LogP contribution in [0.25, 0.3) is 0 Å². The van der Waals surface area contributed by atoms with Crippen LogP contribution in [0, 0.1) is 0 Å². The van der Waals surface area contributed by atoms with Crippen LogP contribution in [0.2, 0.25) is 0 Å². The van der Waals surface area contributed by atoms with E-state index in [0.717, 1.165) is 49.8 Å². The SMILES string of the molecule is FC(F)(F)c1ccc(CN2CCN(c3ncccn3)CC2)cc1. The van der Waals surface area contributed by atoms with Crippen molar-refractivity contribution in [2.24, 2.45) is 0 Å². The number of piperazine rings is 1. The zero-order valence-electron chi connectivity index (χ0n) is 12.5. The Morgan fingerprint density at radius 3 is 2.09 bits per heavy atom. The molecule has 0 bridgehead atoms. The van der Waals surface area contributed by atoms with Crippen LogP contribution in [-0.4, -0.2) is 41.0 Å². The largest absolute Gasteiger partial charge is 0.416 e. The first kappa shape index (κ1) is 15.7. The highest BCUT2D eigenvalue weighted by Crippen LogP contribution is 2.29. The van der Waals surface area contributed by atoms with Crippen LogP contribution in [0.4, 0.5) is 19.1 Å². The second-order valence-corrected chi connectivity index (χ2v) is 5.51. The summed E-state index contributed by atoms with van der Waals surface area (Å²) in [7, 11) is 0. The maximum Gasteiger partial charge on any atom is 0.416 e. The molecule has 2 heterocycles. The smallest absolute Gasteiger partial charge is 0.338 e. The van der Waals surface area contributed by atoms with Gasteiger partial charge in [0.25, 0.3) is 0 Å². The van der Waals surface area contributed by atoms with Gasteiger partial charge in [-0.2, -0.15) is 13.2 Å². The summed E-state index contributed by atoms with van der Waals surface area (Å²) in [5.74, 6) is 0.724. The van der Waals surface area contributed by atoms with Crippen LogP contribution < -0.4 is 4.90 Å². The molecule has 2 aromatic rings. The number of halogens is 3. The highest BCUT2D eigenvalue weighted by molar-refractivity contribution is 5.29. The minimum atomic E-state index is -4.28. The van der Waals surface area contributed by atoms with Crippen molar-refractivity contribution < 1.29 is 13.2 Å². The molecule has 0 amide bonds. The molecule has 122 valence electrons. The highest BCUT2D eigenvalue weighted by Gasteiger charge is 2.30. The molecule has 0 saturated carbocycles. The number of anilines is 1. The maximum absolute atomic E-state index is 12.6. The van der Waals surface area contributed by atoms with Gasteiger partial charge in [-0.1, -0.05) is 12.1 Å². The third-order valence-electron chi connectivity index (χ3n) is 3.89. The van der Waals surface area contributed by atoms with Crippen LogP contribution in [0.5, 0.6) is 0 Å². The zero-order chi connectivity index (χ0) is 16.3. The number of hydrogen-bond acceptors (Lipinski definition) is 4. The van der Waals surface area contributed by atoms with E-state index in [1.54, 1.807) is 30.6 Å². The normalized spacial score (nSPS) is 16.6. The Kier molecular flexibility index (Phi) is 4.47. The van der Waals surface area contributed by atoms with E-state index in [0.29, 0.717) is 6.54 Å².